The fourth-order valence-electron chi connectivity index (χ4n) is 3.45. The van der Waals surface area contributed by atoms with Gasteiger partial charge in [0.25, 0.3) is 0 Å². The van der Waals surface area contributed by atoms with Gasteiger partial charge in [0.05, 0.1) is 13.2 Å². The van der Waals surface area contributed by atoms with Gasteiger partial charge in [-0.05, 0) is 18.4 Å². The van der Waals surface area contributed by atoms with Gasteiger partial charge >= 0.3 is 6.03 Å². The molecule has 9 nitrogen and oxygen atoms in total. The van der Waals surface area contributed by atoms with Crippen molar-refractivity contribution in [2.45, 2.75) is 31.4 Å². The third-order valence-corrected chi connectivity index (χ3v) is 6.00. The van der Waals surface area contributed by atoms with Crippen LogP contribution in [0, 0.1) is 0 Å². The van der Waals surface area contributed by atoms with Gasteiger partial charge in [0.15, 0.2) is 0 Å². The summed E-state index contributed by atoms with van der Waals surface area (Å²) in [5, 5.41) is 15.1. The maximum atomic E-state index is 13.0. The predicted molar refractivity (Wildman–Crippen MR) is 111 cm³/mol. The van der Waals surface area contributed by atoms with E-state index in [0.717, 1.165) is 30.0 Å². The third-order valence-electron chi connectivity index (χ3n) is 5.07. The zero-order chi connectivity index (χ0) is 20.8. The van der Waals surface area contributed by atoms with Crippen LogP contribution in [0.3, 0.4) is 0 Å². The normalized spacial score (nSPS) is 20.0. The number of hydrogen-bond acceptors (Lipinski definition) is 7. The zero-order valence-electron chi connectivity index (χ0n) is 16.6. The van der Waals surface area contributed by atoms with Crippen molar-refractivity contribution >= 4 is 28.4 Å². The molecule has 3 heterocycles. The van der Waals surface area contributed by atoms with Crippen molar-refractivity contribution in [2.24, 2.45) is 0 Å². The van der Waals surface area contributed by atoms with Gasteiger partial charge in [0.1, 0.15) is 17.2 Å². The molecule has 1 aromatic heterocycles. The number of nitrogens with zero attached hydrogens (tertiary/aromatic N) is 3. The van der Waals surface area contributed by atoms with E-state index in [1.165, 1.54) is 11.3 Å². The van der Waals surface area contributed by atoms with Crippen LogP contribution in [-0.4, -0.2) is 66.0 Å². The first-order chi connectivity index (χ1) is 14.7. The molecule has 30 heavy (non-hydrogen) atoms. The number of benzene rings is 1. The number of nitrogens with one attached hydrogen (secondary N) is 2. The van der Waals surface area contributed by atoms with Crippen molar-refractivity contribution in [3.05, 3.63) is 40.9 Å². The number of carbonyl (C=O) groups excluding carboxylic acids is 2. The monoisotopic (exact) mass is 431 g/mol. The van der Waals surface area contributed by atoms with E-state index in [1.54, 1.807) is 4.90 Å². The number of aromatic nitrogens is 2. The summed E-state index contributed by atoms with van der Waals surface area (Å²) in [6.45, 7) is 2.73. The maximum Gasteiger partial charge on any atom is 0.318 e. The minimum absolute atomic E-state index is 0.0470. The number of morpholine rings is 1. The molecule has 3 amide bonds. The Kier molecular flexibility index (Phi) is 6.88. The Balaban J connectivity index is 1.43. The average Bonchev–Trinajstić information content (AvgIpc) is 3.46. The third kappa shape index (κ3) is 5.32. The topological polar surface area (TPSA) is 106 Å². The van der Waals surface area contributed by atoms with Crippen LogP contribution in [0.15, 0.2) is 30.3 Å². The van der Waals surface area contributed by atoms with E-state index in [4.69, 9.17) is 9.47 Å². The van der Waals surface area contributed by atoms with E-state index >= 15 is 0 Å². The van der Waals surface area contributed by atoms with Crippen molar-refractivity contribution in [2.75, 3.05) is 38.2 Å². The van der Waals surface area contributed by atoms with Crippen LogP contribution in [0.5, 0.6) is 0 Å². The largest absolute Gasteiger partial charge is 0.378 e. The van der Waals surface area contributed by atoms with E-state index in [1.807, 2.05) is 30.3 Å². The summed E-state index contributed by atoms with van der Waals surface area (Å²) in [5.41, 5.74) is 0.956. The molecule has 0 unspecified atom stereocenters. The summed E-state index contributed by atoms with van der Waals surface area (Å²) in [7, 11) is 0. The first-order valence-electron chi connectivity index (χ1n) is 10.1. The maximum absolute atomic E-state index is 13.0. The van der Waals surface area contributed by atoms with E-state index in [2.05, 4.69) is 20.8 Å². The molecule has 0 spiro atoms. The minimum Gasteiger partial charge on any atom is -0.378 e. The van der Waals surface area contributed by atoms with Gasteiger partial charge < -0.3 is 19.7 Å². The Morgan fingerprint density at radius 2 is 1.97 bits per heavy atom. The van der Waals surface area contributed by atoms with Crippen LogP contribution in [0.4, 0.5) is 9.93 Å². The number of urea groups is 1. The molecule has 0 saturated carbocycles. The highest BCUT2D eigenvalue weighted by atomic mass is 32.1. The summed E-state index contributed by atoms with van der Waals surface area (Å²) in [6, 6.07) is 8.59. The van der Waals surface area contributed by atoms with E-state index < -0.39 is 6.04 Å². The molecule has 10 heteroatoms. The Morgan fingerprint density at radius 3 is 2.70 bits per heavy atom. The second-order valence-electron chi connectivity index (χ2n) is 7.23. The number of amides is 3. The molecule has 160 valence electrons. The highest BCUT2D eigenvalue weighted by molar-refractivity contribution is 7.15. The van der Waals surface area contributed by atoms with Gasteiger partial charge in [0.2, 0.25) is 11.0 Å². The van der Waals surface area contributed by atoms with Gasteiger partial charge in [0, 0.05) is 26.1 Å². The lowest BCUT2D eigenvalue weighted by atomic mass is 10.1. The Morgan fingerprint density at radius 1 is 1.17 bits per heavy atom. The highest BCUT2D eigenvalue weighted by Crippen LogP contribution is 2.31. The molecule has 2 aromatic rings. The van der Waals surface area contributed by atoms with E-state index in [-0.39, 0.29) is 18.0 Å². The average molecular weight is 432 g/mol. The van der Waals surface area contributed by atoms with E-state index in [9.17, 15) is 9.59 Å². The first kappa shape index (κ1) is 20.7. The molecule has 0 aliphatic carbocycles. The fraction of sp³-hybridized carbons (Fsp3) is 0.500. The fourth-order valence-corrected chi connectivity index (χ4v) is 4.28. The molecule has 2 fully saturated rings. The second-order valence-corrected chi connectivity index (χ2v) is 8.24. The van der Waals surface area contributed by atoms with Crippen molar-refractivity contribution < 1.29 is 19.1 Å². The number of ether oxygens (including phenoxy) is 2. The predicted octanol–water partition coefficient (Wildman–Crippen LogP) is 1.98. The summed E-state index contributed by atoms with van der Waals surface area (Å²) in [6.07, 6.45) is 2.24. The Bertz CT molecular complexity index is 850. The molecule has 0 bridgehead atoms. The van der Waals surface area contributed by atoms with Gasteiger partial charge in [-0.15, -0.1) is 10.2 Å². The lowest BCUT2D eigenvalue weighted by Crippen LogP contribution is -2.53. The van der Waals surface area contributed by atoms with Crippen molar-refractivity contribution in [3.63, 3.8) is 0 Å². The van der Waals surface area contributed by atoms with Gasteiger partial charge in [-0.3, -0.25) is 10.1 Å². The molecular weight excluding hydrogens is 406 g/mol. The molecule has 2 aliphatic rings. The molecule has 2 atom stereocenters. The molecule has 4 rings (SSSR count). The smallest absolute Gasteiger partial charge is 0.318 e. The number of rotatable bonds is 6. The number of anilines is 1. The van der Waals surface area contributed by atoms with Gasteiger partial charge in [-0.2, -0.15) is 0 Å². The standard InChI is InChI=1S/C20H25N5O4S/c26-17(22-19-24-23-18(30-19)16-7-4-10-29-16)15(13-14-5-2-1-3-6-14)21-20(27)25-8-11-28-12-9-25/h1-3,5-6,15-16H,4,7-13H2,(H,21,27)(H,22,24,26)/t15-,16-/m0/s1. The van der Waals surface area contributed by atoms with Gasteiger partial charge in [-0.1, -0.05) is 41.7 Å². The van der Waals surface area contributed by atoms with Crippen molar-refractivity contribution in [1.82, 2.24) is 20.4 Å². The summed E-state index contributed by atoms with van der Waals surface area (Å²) >= 11 is 1.31. The molecular formula is C20H25N5O4S. The van der Waals surface area contributed by atoms with Crippen LogP contribution < -0.4 is 10.6 Å². The Labute approximate surface area is 178 Å². The number of hydrogen-bond donors (Lipinski definition) is 2. The zero-order valence-corrected chi connectivity index (χ0v) is 17.4. The SMILES string of the molecule is O=C(Nc1nnc([C@@H]2CCCO2)s1)[C@H](Cc1ccccc1)NC(=O)N1CCOCC1. The molecule has 1 aromatic carbocycles. The first-order valence-corrected chi connectivity index (χ1v) is 10.9. The van der Waals surface area contributed by atoms with Crippen molar-refractivity contribution in [1.29, 1.82) is 0 Å². The molecule has 2 N–H and O–H groups in total. The molecule has 0 radical (unpaired) electrons. The lowest BCUT2D eigenvalue weighted by molar-refractivity contribution is -0.118. The van der Waals surface area contributed by atoms with E-state index in [0.29, 0.717) is 37.9 Å². The van der Waals surface area contributed by atoms with Crippen LogP contribution in [0.1, 0.15) is 29.5 Å². The lowest BCUT2D eigenvalue weighted by Gasteiger charge is -2.29. The number of carbonyl (C=O) groups is 2. The summed E-state index contributed by atoms with van der Waals surface area (Å²) < 4.78 is 10.9. The van der Waals surface area contributed by atoms with Crippen LogP contribution in [0.2, 0.25) is 0 Å². The van der Waals surface area contributed by atoms with Crippen molar-refractivity contribution in [3.8, 4) is 0 Å². The summed E-state index contributed by atoms with van der Waals surface area (Å²) in [5.74, 6) is -0.324. The van der Waals surface area contributed by atoms with Crippen LogP contribution >= 0.6 is 11.3 Å². The Hall–Kier alpha value is -2.56. The second kappa shape index (κ2) is 9.96. The highest BCUT2D eigenvalue weighted by Gasteiger charge is 2.27. The van der Waals surface area contributed by atoms with Crippen LogP contribution in [0.25, 0.3) is 0 Å². The molecule has 2 aliphatic heterocycles. The van der Waals surface area contributed by atoms with Crippen LogP contribution in [-0.2, 0) is 20.7 Å². The van der Waals surface area contributed by atoms with Gasteiger partial charge in [-0.25, -0.2) is 4.79 Å². The molecule has 2 saturated heterocycles. The minimum atomic E-state index is -0.738. The summed E-state index contributed by atoms with van der Waals surface area (Å²) in [4.78, 5) is 27.3. The quantitative estimate of drug-likeness (QED) is 0.725.